The molecule has 0 aliphatic carbocycles. The second-order valence-electron chi connectivity index (χ2n) is 4.29. The van der Waals surface area contributed by atoms with E-state index in [0.717, 1.165) is 0 Å². The third-order valence-corrected chi connectivity index (χ3v) is 2.78. The van der Waals surface area contributed by atoms with Gasteiger partial charge in [-0.2, -0.15) is 5.10 Å². The summed E-state index contributed by atoms with van der Waals surface area (Å²) in [6.07, 6.45) is 3.22. The standard InChI is InChI=1S/C13H14N4O3/c1-9-6-10(2-3-11(9)13(19)20)16-12(18)4-5-17-8-14-7-15-17/h2-3,6-8H,4-5H2,1H3,(H,16,18)(H,19,20). The zero-order chi connectivity index (χ0) is 14.5. The van der Waals surface area contributed by atoms with Gasteiger partial charge in [0.15, 0.2) is 0 Å². The van der Waals surface area contributed by atoms with Crippen LogP contribution in [0.2, 0.25) is 0 Å². The third kappa shape index (κ3) is 3.41. The molecule has 0 aliphatic rings. The lowest BCUT2D eigenvalue weighted by atomic mass is 10.1. The van der Waals surface area contributed by atoms with Crippen molar-refractivity contribution < 1.29 is 14.7 Å². The smallest absolute Gasteiger partial charge is 0.335 e. The minimum Gasteiger partial charge on any atom is -0.478 e. The van der Waals surface area contributed by atoms with E-state index in [1.165, 1.54) is 12.4 Å². The van der Waals surface area contributed by atoms with Gasteiger partial charge in [-0.25, -0.2) is 9.78 Å². The maximum Gasteiger partial charge on any atom is 0.335 e. The summed E-state index contributed by atoms with van der Waals surface area (Å²) in [6.45, 7) is 2.13. The fraction of sp³-hybridized carbons (Fsp3) is 0.231. The maximum absolute atomic E-state index is 11.7. The number of benzene rings is 1. The highest BCUT2D eigenvalue weighted by atomic mass is 16.4. The van der Waals surface area contributed by atoms with Gasteiger partial charge in [0.25, 0.3) is 0 Å². The van der Waals surface area contributed by atoms with Gasteiger partial charge in [-0.05, 0) is 30.7 Å². The SMILES string of the molecule is Cc1cc(NC(=O)CCn2cncn2)ccc1C(=O)O. The molecule has 0 bridgehead atoms. The van der Waals surface area contributed by atoms with Gasteiger partial charge in [0.2, 0.25) is 5.91 Å². The summed E-state index contributed by atoms with van der Waals surface area (Å²) >= 11 is 0. The van der Waals surface area contributed by atoms with Gasteiger partial charge in [0.1, 0.15) is 12.7 Å². The monoisotopic (exact) mass is 274 g/mol. The number of amides is 1. The Bertz CT molecular complexity index is 623. The van der Waals surface area contributed by atoms with E-state index >= 15 is 0 Å². The molecule has 0 saturated carbocycles. The molecule has 2 N–H and O–H groups in total. The van der Waals surface area contributed by atoms with E-state index in [1.54, 1.807) is 30.1 Å². The Morgan fingerprint density at radius 1 is 1.40 bits per heavy atom. The van der Waals surface area contributed by atoms with Crippen molar-refractivity contribution >= 4 is 17.6 Å². The van der Waals surface area contributed by atoms with Crippen molar-refractivity contribution in [1.82, 2.24) is 14.8 Å². The molecule has 0 unspecified atom stereocenters. The molecular formula is C13H14N4O3. The van der Waals surface area contributed by atoms with Crippen LogP contribution in [-0.4, -0.2) is 31.7 Å². The first kappa shape index (κ1) is 13.7. The Morgan fingerprint density at radius 2 is 2.20 bits per heavy atom. The average molecular weight is 274 g/mol. The van der Waals surface area contributed by atoms with Gasteiger partial charge in [-0.3, -0.25) is 9.48 Å². The quantitative estimate of drug-likeness (QED) is 0.856. The number of hydrogen-bond acceptors (Lipinski definition) is 4. The van der Waals surface area contributed by atoms with Crippen LogP contribution in [0.4, 0.5) is 5.69 Å². The van der Waals surface area contributed by atoms with Crippen LogP contribution >= 0.6 is 0 Å². The molecule has 7 heteroatoms. The number of carbonyl (C=O) groups is 2. The molecule has 1 aromatic heterocycles. The van der Waals surface area contributed by atoms with E-state index < -0.39 is 5.97 Å². The first-order chi connectivity index (χ1) is 9.56. The summed E-state index contributed by atoms with van der Waals surface area (Å²) in [5.74, 6) is -1.14. The van der Waals surface area contributed by atoms with E-state index in [9.17, 15) is 9.59 Å². The molecule has 0 fully saturated rings. The van der Waals surface area contributed by atoms with E-state index in [4.69, 9.17) is 5.11 Å². The van der Waals surface area contributed by atoms with Crippen molar-refractivity contribution in [3.8, 4) is 0 Å². The molecule has 1 aromatic carbocycles. The number of carbonyl (C=O) groups excluding carboxylic acids is 1. The lowest BCUT2D eigenvalue weighted by Crippen LogP contribution is -2.15. The first-order valence-corrected chi connectivity index (χ1v) is 6.02. The minimum atomic E-state index is -0.980. The van der Waals surface area contributed by atoms with E-state index in [-0.39, 0.29) is 17.9 Å². The van der Waals surface area contributed by atoms with Crippen LogP contribution in [-0.2, 0) is 11.3 Å². The fourth-order valence-electron chi connectivity index (χ4n) is 1.77. The molecular weight excluding hydrogens is 260 g/mol. The summed E-state index contributed by atoms with van der Waals surface area (Å²) in [6, 6.07) is 4.69. The number of aryl methyl sites for hydroxylation is 2. The van der Waals surface area contributed by atoms with Gasteiger partial charge in [-0.1, -0.05) is 0 Å². The molecule has 2 rings (SSSR count). The van der Waals surface area contributed by atoms with Crippen LogP contribution in [0.5, 0.6) is 0 Å². The summed E-state index contributed by atoms with van der Waals surface area (Å²) in [4.78, 5) is 26.4. The number of nitrogens with one attached hydrogen (secondary N) is 1. The summed E-state index contributed by atoms with van der Waals surface area (Å²) in [5, 5.41) is 15.5. The summed E-state index contributed by atoms with van der Waals surface area (Å²) in [5.41, 5.74) is 1.41. The number of rotatable bonds is 5. The minimum absolute atomic E-state index is 0.164. The predicted octanol–water partition coefficient (Wildman–Crippen LogP) is 1.31. The zero-order valence-electron chi connectivity index (χ0n) is 10.9. The van der Waals surface area contributed by atoms with Crippen molar-refractivity contribution in [2.24, 2.45) is 0 Å². The number of hydrogen-bond donors (Lipinski definition) is 2. The first-order valence-electron chi connectivity index (χ1n) is 6.02. The number of aromatic nitrogens is 3. The molecule has 1 amide bonds. The molecule has 104 valence electrons. The maximum atomic E-state index is 11.7. The van der Waals surface area contributed by atoms with Crippen molar-refractivity contribution in [2.45, 2.75) is 19.9 Å². The summed E-state index contributed by atoms with van der Waals surface area (Å²) in [7, 11) is 0. The predicted molar refractivity (Wildman–Crippen MR) is 71.4 cm³/mol. The molecule has 20 heavy (non-hydrogen) atoms. The van der Waals surface area contributed by atoms with E-state index in [2.05, 4.69) is 15.4 Å². The Hall–Kier alpha value is -2.70. The summed E-state index contributed by atoms with van der Waals surface area (Å²) < 4.78 is 1.57. The second kappa shape index (κ2) is 5.96. The molecule has 0 spiro atoms. The van der Waals surface area contributed by atoms with Crippen LogP contribution in [0.25, 0.3) is 0 Å². The Balaban J connectivity index is 1.94. The van der Waals surface area contributed by atoms with E-state index in [1.807, 2.05) is 0 Å². The Kier molecular flexibility index (Phi) is 4.09. The number of carboxylic acids is 1. The van der Waals surface area contributed by atoms with Gasteiger partial charge >= 0.3 is 5.97 Å². The Morgan fingerprint density at radius 3 is 2.80 bits per heavy atom. The van der Waals surface area contributed by atoms with Crippen LogP contribution < -0.4 is 5.32 Å². The number of carboxylic acid groups (broad SMARTS) is 1. The normalized spacial score (nSPS) is 10.2. The molecule has 0 atom stereocenters. The van der Waals surface area contributed by atoms with Gasteiger partial charge in [-0.15, -0.1) is 0 Å². The van der Waals surface area contributed by atoms with Crippen molar-refractivity contribution in [1.29, 1.82) is 0 Å². The highest BCUT2D eigenvalue weighted by molar-refractivity contribution is 5.93. The van der Waals surface area contributed by atoms with Crippen molar-refractivity contribution in [2.75, 3.05) is 5.32 Å². The molecule has 1 heterocycles. The van der Waals surface area contributed by atoms with Crippen LogP contribution in [0.3, 0.4) is 0 Å². The lowest BCUT2D eigenvalue weighted by Gasteiger charge is -2.07. The molecule has 0 aliphatic heterocycles. The topological polar surface area (TPSA) is 97.1 Å². The second-order valence-corrected chi connectivity index (χ2v) is 4.29. The van der Waals surface area contributed by atoms with Crippen molar-refractivity contribution in [3.63, 3.8) is 0 Å². The van der Waals surface area contributed by atoms with Crippen LogP contribution in [0.1, 0.15) is 22.3 Å². The average Bonchev–Trinajstić information content (AvgIpc) is 2.89. The highest BCUT2D eigenvalue weighted by Crippen LogP contribution is 2.15. The Labute approximate surface area is 115 Å². The molecule has 2 aromatic rings. The lowest BCUT2D eigenvalue weighted by molar-refractivity contribution is -0.116. The number of nitrogens with zero attached hydrogens (tertiary/aromatic N) is 3. The van der Waals surface area contributed by atoms with Gasteiger partial charge in [0.05, 0.1) is 12.1 Å². The van der Waals surface area contributed by atoms with Gasteiger partial charge in [0, 0.05) is 12.1 Å². The van der Waals surface area contributed by atoms with Crippen molar-refractivity contribution in [3.05, 3.63) is 42.0 Å². The largest absolute Gasteiger partial charge is 0.478 e. The molecule has 7 nitrogen and oxygen atoms in total. The van der Waals surface area contributed by atoms with E-state index in [0.29, 0.717) is 17.8 Å². The third-order valence-electron chi connectivity index (χ3n) is 2.78. The molecule has 0 radical (unpaired) electrons. The number of anilines is 1. The number of aromatic carboxylic acids is 1. The fourth-order valence-corrected chi connectivity index (χ4v) is 1.77. The highest BCUT2D eigenvalue weighted by Gasteiger charge is 2.09. The zero-order valence-corrected chi connectivity index (χ0v) is 10.9. The van der Waals surface area contributed by atoms with Crippen LogP contribution in [0.15, 0.2) is 30.9 Å². The van der Waals surface area contributed by atoms with Gasteiger partial charge < -0.3 is 10.4 Å². The molecule has 0 saturated heterocycles. The van der Waals surface area contributed by atoms with Crippen LogP contribution in [0, 0.1) is 6.92 Å².